The molecule has 5 rings (SSSR count). The second kappa shape index (κ2) is 19.1. The maximum Gasteiger partial charge on any atom is 0.223 e. The van der Waals surface area contributed by atoms with Gasteiger partial charge >= 0.3 is 0 Å². The second-order valence-corrected chi connectivity index (χ2v) is 14.6. The first-order valence-corrected chi connectivity index (χ1v) is 19.6. The summed E-state index contributed by atoms with van der Waals surface area (Å²) >= 11 is 3.40. The van der Waals surface area contributed by atoms with Crippen LogP contribution in [0.25, 0.3) is 0 Å². The maximum absolute atomic E-state index is 5.94. The summed E-state index contributed by atoms with van der Waals surface area (Å²) in [5.41, 5.74) is 16.6. The molecule has 6 N–H and O–H groups in total. The number of hydrogen-bond donors (Lipinski definition) is 4. The summed E-state index contributed by atoms with van der Waals surface area (Å²) < 4.78 is 0. The molecule has 2 unspecified atom stereocenters. The van der Waals surface area contributed by atoms with Gasteiger partial charge < -0.3 is 22.1 Å². The van der Waals surface area contributed by atoms with Crippen LogP contribution in [0.15, 0.2) is 82.8 Å². The van der Waals surface area contributed by atoms with Crippen LogP contribution in [0.5, 0.6) is 0 Å². The van der Waals surface area contributed by atoms with E-state index in [4.69, 9.17) is 31.4 Å². The summed E-state index contributed by atoms with van der Waals surface area (Å²) in [6, 6.07) is 26.2. The molecule has 1 saturated carbocycles. The predicted molar refractivity (Wildman–Crippen MR) is 203 cm³/mol. The fourth-order valence-corrected chi connectivity index (χ4v) is 8.02. The van der Waals surface area contributed by atoms with Crippen molar-refractivity contribution in [2.24, 2.45) is 11.5 Å². The van der Waals surface area contributed by atoms with Gasteiger partial charge in [-0.2, -0.15) is 0 Å². The van der Waals surface area contributed by atoms with Crippen LogP contribution in [-0.2, 0) is 0 Å². The number of anilines is 2. The van der Waals surface area contributed by atoms with E-state index >= 15 is 0 Å². The van der Waals surface area contributed by atoms with Crippen LogP contribution in [-0.4, -0.2) is 57.6 Å². The van der Waals surface area contributed by atoms with Gasteiger partial charge in [0.25, 0.3) is 0 Å². The van der Waals surface area contributed by atoms with Gasteiger partial charge in [-0.05, 0) is 36.1 Å². The fraction of sp³-hybridized carbons (Fsp3) is 0.474. The van der Waals surface area contributed by atoms with E-state index in [0.717, 1.165) is 65.3 Å². The summed E-state index contributed by atoms with van der Waals surface area (Å²) in [6.07, 6.45) is 6.94. The first-order chi connectivity index (χ1) is 23.7. The van der Waals surface area contributed by atoms with E-state index in [9.17, 15) is 0 Å². The van der Waals surface area contributed by atoms with Crippen LogP contribution < -0.4 is 22.1 Å². The quantitative estimate of drug-likeness (QED) is 0.0413. The molecule has 0 radical (unpaired) electrons. The van der Waals surface area contributed by atoms with Crippen molar-refractivity contribution in [2.75, 3.05) is 48.3 Å². The van der Waals surface area contributed by atoms with E-state index in [1.165, 1.54) is 30.4 Å². The van der Waals surface area contributed by atoms with Gasteiger partial charge in [-0.3, -0.25) is 0 Å². The number of nitrogens with two attached hydrogens (primary N) is 2. The summed E-state index contributed by atoms with van der Waals surface area (Å²) in [5, 5.41) is 9.01. The van der Waals surface area contributed by atoms with Gasteiger partial charge in [0, 0.05) is 61.4 Å². The zero-order valence-electron chi connectivity index (χ0n) is 28.5. The monoisotopic (exact) mass is 684 g/mol. The van der Waals surface area contributed by atoms with E-state index < -0.39 is 0 Å². The van der Waals surface area contributed by atoms with Gasteiger partial charge in [0.15, 0.2) is 0 Å². The number of thioether (sulfide) groups is 2. The van der Waals surface area contributed by atoms with Crippen LogP contribution in [0, 0.1) is 0 Å². The molecule has 48 heavy (non-hydrogen) atoms. The molecule has 10 heteroatoms. The molecule has 1 fully saturated rings. The molecule has 2 aromatic heterocycles. The molecule has 1 aliphatic carbocycles. The van der Waals surface area contributed by atoms with Crippen LogP contribution in [0.3, 0.4) is 0 Å². The number of rotatable bonds is 20. The molecule has 1 aliphatic rings. The maximum atomic E-state index is 5.94. The van der Waals surface area contributed by atoms with Gasteiger partial charge in [0.05, 0.1) is 11.4 Å². The highest BCUT2D eigenvalue weighted by atomic mass is 32.2. The van der Waals surface area contributed by atoms with Crippen LogP contribution in [0.1, 0.15) is 98.6 Å². The highest BCUT2D eigenvalue weighted by Crippen LogP contribution is 2.66. The Kier molecular flexibility index (Phi) is 14.4. The van der Waals surface area contributed by atoms with Crippen molar-refractivity contribution >= 4 is 35.4 Å². The fourth-order valence-electron chi connectivity index (χ4n) is 6.65. The summed E-state index contributed by atoms with van der Waals surface area (Å²) in [6.45, 7) is 7.34. The summed E-state index contributed by atoms with van der Waals surface area (Å²) in [5.74, 6) is 3.56. The highest BCUT2D eigenvalue weighted by molar-refractivity contribution is 7.99. The molecule has 2 atom stereocenters. The third-order valence-corrected chi connectivity index (χ3v) is 10.8. The Hall–Kier alpha value is -3.18. The third kappa shape index (κ3) is 9.49. The van der Waals surface area contributed by atoms with E-state index in [1.54, 1.807) is 23.5 Å². The first kappa shape index (κ1) is 36.1. The molecular weight excluding hydrogens is 633 g/mol. The normalized spacial score (nSPS) is 18.8. The zero-order valence-corrected chi connectivity index (χ0v) is 30.1. The Morgan fingerprint density at radius 2 is 1.02 bits per heavy atom. The van der Waals surface area contributed by atoms with Crippen molar-refractivity contribution < 1.29 is 0 Å². The zero-order chi connectivity index (χ0) is 33.6. The van der Waals surface area contributed by atoms with Crippen molar-refractivity contribution in [3.05, 3.63) is 95.3 Å². The number of nitrogens with one attached hydrogen (secondary N) is 2. The lowest BCUT2D eigenvalue weighted by molar-refractivity contribution is 0.219. The lowest BCUT2D eigenvalue weighted by atomic mass is 9.50. The van der Waals surface area contributed by atoms with Gasteiger partial charge in [-0.15, -0.1) is 23.5 Å². The minimum absolute atomic E-state index is 0.118. The second-order valence-electron chi connectivity index (χ2n) is 12.4. The molecule has 256 valence electrons. The van der Waals surface area contributed by atoms with Crippen molar-refractivity contribution in [3.8, 4) is 0 Å². The SMILES string of the molecule is CCCCCCNc1nc(SCCN)cc(C2C(c3ccccc3)C(c3cc(SCCN)nc(NCCCC)n3)C2c2ccccc2)n1. The Labute approximate surface area is 295 Å². The number of hydrogen-bond acceptors (Lipinski definition) is 10. The molecule has 0 amide bonds. The van der Waals surface area contributed by atoms with E-state index in [0.29, 0.717) is 25.0 Å². The molecule has 0 bridgehead atoms. The molecule has 4 aromatic rings. The average molecular weight is 685 g/mol. The third-order valence-electron chi connectivity index (χ3n) is 8.91. The largest absolute Gasteiger partial charge is 0.354 e. The minimum atomic E-state index is 0.118. The molecule has 0 aliphatic heterocycles. The van der Waals surface area contributed by atoms with E-state index in [2.05, 4.69) is 97.3 Å². The van der Waals surface area contributed by atoms with Crippen molar-refractivity contribution in [1.82, 2.24) is 19.9 Å². The Morgan fingerprint density at radius 1 is 0.562 bits per heavy atom. The van der Waals surface area contributed by atoms with Gasteiger partial charge in [-0.1, -0.05) is 100 Å². The topological polar surface area (TPSA) is 128 Å². The number of nitrogens with zero attached hydrogens (tertiary/aromatic N) is 4. The number of aromatic nitrogens is 4. The van der Waals surface area contributed by atoms with Gasteiger partial charge in [0.1, 0.15) is 10.1 Å². The lowest BCUT2D eigenvalue weighted by Gasteiger charge is -2.52. The highest BCUT2D eigenvalue weighted by Gasteiger charge is 2.54. The van der Waals surface area contributed by atoms with Gasteiger partial charge in [0.2, 0.25) is 11.9 Å². The Morgan fingerprint density at radius 3 is 1.46 bits per heavy atom. The van der Waals surface area contributed by atoms with E-state index in [1.807, 2.05) is 0 Å². The smallest absolute Gasteiger partial charge is 0.223 e. The minimum Gasteiger partial charge on any atom is -0.354 e. The Bertz CT molecular complexity index is 1480. The summed E-state index contributed by atoms with van der Waals surface area (Å²) in [4.78, 5) is 20.3. The molecule has 2 heterocycles. The van der Waals surface area contributed by atoms with Crippen molar-refractivity contribution in [2.45, 2.75) is 86.1 Å². The average Bonchev–Trinajstić information content (AvgIpc) is 3.10. The van der Waals surface area contributed by atoms with Crippen molar-refractivity contribution in [1.29, 1.82) is 0 Å². The first-order valence-electron chi connectivity index (χ1n) is 17.7. The van der Waals surface area contributed by atoms with Crippen LogP contribution >= 0.6 is 23.5 Å². The number of benzene rings is 2. The van der Waals surface area contributed by atoms with Crippen LogP contribution in [0.4, 0.5) is 11.9 Å². The van der Waals surface area contributed by atoms with Gasteiger partial charge in [-0.25, -0.2) is 19.9 Å². The van der Waals surface area contributed by atoms with Crippen LogP contribution in [0.2, 0.25) is 0 Å². The molecule has 2 aromatic carbocycles. The Balaban J connectivity index is 1.61. The predicted octanol–water partition coefficient (Wildman–Crippen LogP) is 8.02. The standard InChI is InChI=1S/C38H52N8S2/c1-3-5-7-14-22-42-38-44-30(26-32(46-38)48-24-20-40)36-33(27-15-10-8-11-16-27)35(34(36)28-17-12-9-13-18-28)29-25-31(47-23-19-39)45-37(43-29)41-21-6-4-2/h8-13,15-18,25-26,33-36H,3-7,14,19-24,39-40H2,1-2H3,(H,41,43,45)(H,42,44,46). The van der Waals surface area contributed by atoms with Crippen molar-refractivity contribution in [3.63, 3.8) is 0 Å². The number of unbranched alkanes of at least 4 members (excludes halogenated alkanes) is 4. The van der Waals surface area contributed by atoms with E-state index in [-0.39, 0.29) is 23.7 Å². The lowest BCUT2D eigenvalue weighted by Crippen LogP contribution is -2.41. The molecule has 0 saturated heterocycles. The summed E-state index contributed by atoms with van der Waals surface area (Å²) in [7, 11) is 0. The molecule has 0 spiro atoms. The molecule has 8 nitrogen and oxygen atoms in total. The molecular formula is C38H52N8S2.